The van der Waals surface area contributed by atoms with Gasteiger partial charge in [0.15, 0.2) is 0 Å². The zero-order valence-electron chi connectivity index (χ0n) is 11.4. The summed E-state index contributed by atoms with van der Waals surface area (Å²) in [6.07, 6.45) is 1.27. The van der Waals surface area contributed by atoms with Crippen LogP contribution >= 0.6 is 0 Å². The molecule has 0 aliphatic carbocycles. The average molecular weight is 235 g/mol. The van der Waals surface area contributed by atoms with E-state index in [2.05, 4.69) is 50.4 Å². The molecule has 0 saturated carbocycles. The van der Waals surface area contributed by atoms with Crippen molar-refractivity contribution in [3.8, 4) is 0 Å². The Hall–Kier alpha value is -0.860. The van der Waals surface area contributed by atoms with E-state index in [-0.39, 0.29) is 6.10 Å². The van der Waals surface area contributed by atoms with E-state index in [9.17, 15) is 0 Å². The Balaban J connectivity index is 2.83. The van der Waals surface area contributed by atoms with Crippen molar-refractivity contribution in [2.45, 2.75) is 39.3 Å². The quantitative estimate of drug-likeness (QED) is 0.782. The van der Waals surface area contributed by atoms with Gasteiger partial charge >= 0.3 is 0 Å². The minimum absolute atomic E-state index is 0.147. The van der Waals surface area contributed by atoms with Gasteiger partial charge in [0.2, 0.25) is 0 Å². The van der Waals surface area contributed by atoms with Gasteiger partial charge in [-0.3, -0.25) is 0 Å². The molecule has 2 nitrogen and oxygen atoms in total. The van der Waals surface area contributed by atoms with Gasteiger partial charge in [0, 0.05) is 12.6 Å². The van der Waals surface area contributed by atoms with Gasteiger partial charge in [-0.05, 0) is 31.9 Å². The van der Waals surface area contributed by atoms with Crippen molar-refractivity contribution in [3.63, 3.8) is 0 Å². The first kappa shape index (κ1) is 14.2. The number of benzene rings is 1. The van der Waals surface area contributed by atoms with Crippen molar-refractivity contribution < 1.29 is 4.74 Å². The van der Waals surface area contributed by atoms with Crippen LogP contribution in [0.1, 0.15) is 38.9 Å². The van der Waals surface area contributed by atoms with Crippen LogP contribution in [0.4, 0.5) is 0 Å². The Morgan fingerprint density at radius 2 is 1.82 bits per heavy atom. The maximum Gasteiger partial charge on any atom is 0.0977 e. The molecule has 0 aliphatic heterocycles. The van der Waals surface area contributed by atoms with E-state index in [0.29, 0.717) is 12.0 Å². The molecule has 1 aromatic carbocycles. The average Bonchev–Trinajstić information content (AvgIpc) is 2.34. The predicted octanol–water partition coefficient (Wildman–Crippen LogP) is 3.40. The van der Waals surface area contributed by atoms with E-state index in [0.717, 1.165) is 13.0 Å². The SMILES string of the molecule is CCOC(c1ccccc1)C(CC(C)C)NC. The molecule has 2 atom stereocenters. The molecule has 0 bridgehead atoms. The van der Waals surface area contributed by atoms with Crippen LogP contribution in [0.3, 0.4) is 0 Å². The van der Waals surface area contributed by atoms with E-state index >= 15 is 0 Å². The zero-order valence-corrected chi connectivity index (χ0v) is 11.4. The fourth-order valence-corrected chi connectivity index (χ4v) is 2.17. The van der Waals surface area contributed by atoms with Crippen LogP contribution < -0.4 is 5.32 Å². The standard InChI is InChI=1S/C15H25NO/c1-5-17-15(13-9-7-6-8-10-13)14(16-4)11-12(2)3/h6-10,12,14-16H,5,11H2,1-4H3. The second-order valence-corrected chi connectivity index (χ2v) is 4.81. The number of rotatable bonds is 7. The summed E-state index contributed by atoms with van der Waals surface area (Å²) in [6, 6.07) is 10.9. The van der Waals surface area contributed by atoms with Crippen LogP contribution in [0.2, 0.25) is 0 Å². The highest BCUT2D eigenvalue weighted by Gasteiger charge is 2.22. The zero-order chi connectivity index (χ0) is 12.7. The third-order valence-corrected chi connectivity index (χ3v) is 2.94. The first-order valence-electron chi connectivity index (χ1n) is 6.52. The fraction of sp³-hybridized carbons (Fsp3) is 0.600. The summed E-state index contributed by atoms with van der Waals surface area (Å²) in [4.78, 5) is 0. The molecular formula is C15H25NO. The third-order valence-electron chi connectivity index (χ3n) is 2.94. The molecule has 17 heavy (non-hydrogen) atoms. The Morgan fingerprint density at radius 1 is 1.18 bits per heavy atom. The van der Waals surface area contributed by atoms with Gasteiger partial charge in [0.25, 0.3) is 0 Å². The summed E-state index contributed by atoms with van der Waals surface area (Å²) >= 11 is 0. The largest absolute Gasteiger partial charge is 0.372 e. The van der Waals surface area contributed by atoms with E-state index in [1.54, 1.807) is 0 Å². The first-order chi connectivity index (χ1) is 8.19. The monoisotopic (exact) mass is 235 g/mol. The normalized spacial score (nSPS) is 14.9. The number of nitrogens with one attached hydrogen (secondary N) is 1. The van der Waals surface area contributed by atoms with Crippen LogP contribution in [0, 0.1) is 5.92 Å². The Kier molecular flexibility index (Phi) is 6.23. The van der Waals surface area contributed by atoms with Crippen molar-refractivity contribution in [1.82, 2.24) is 5.32 Å². The molecule has 0 radical (unpaired) electrons. The lowest BCUT2D eigenvalue weighted by Gasteiger charge is -2.28. The van der Waals surface area contributed by atoms with E-state index in [1.165, 1.54) is 5.56 Å². The lowest BCUT2D eigenvalue weighted by molar-refractivity contribution is 0.0297. The van der Waals surface area contributed by atoms with Crippen LogP contribution in [-0.4, -0.2) is 19.7 Å². The first-order valence-corrected chi connectivity index (χ1v) is 6.52. The summed E-state index contributed by atoms with van der Waals surface area (Å²) in [5.74, 6) is 0.666. The van der Waals surface area contributed by atoms with E-state index in [1.807, 2.05) is 13.1 Å². The predicted molar refractivity (Wildman–Crippen MR) is 73.1 cm³/mol. The fourth-order valence-electron chi connectivity index (χ4n) is 2.17. The molecule has 2 heteroatoms. The molecule has 0 aliphatic rings. The molecule has 0 spiro atoms. The maximum absolute atomic E-state index is 5.92. The summed E-state index contributed by atoms with van der Waals surface area (Å²) in [5.41, 5.74) is 1.26. The van der Waals surface area contributed by atoms with Crippen molar-refractivity contribution in [2.75, 3.05) is 13.7 Å². The molecule has 1 aromatic rings. The van der Waals surface area contributed by atoms with Crippen molar-refractivity contribution in [2.24, 2.45) is 5.92 Å². The summed E-state index contributed by atoms with van der Waals surface area (Å²) in [7, 11) is 2.02. The highest BCUT2D eigenvalue weighted by atomic mass is 16.5. The van der Waals surface area contributed by atoms with Crippen molar-refractivity contribution in [1.29, 1.82) is 0 Å². The molecule has 0 heterocycles. The molecule has 96 valence electrons. The molecule has 1 rings (SSSR count). The number of hydrogen-bond acceptors (Lipinski definition) is 2. The topological polar surface area (TPSA) is 21.3 Å². The number of likely N-dealkylation sites (N-methyl/N-ethyl adjacent to an activating group) is 1. The molecule has 0 fully saturated rings. The van der Waals surface area contributed by atoms with Crippen molar-refractivity contribution in [3.05, 3.63) is 35.9 Å². The third kappa shape index (κ3) is 4.49. The van der Waals surface area contributed by atoms with Gasteiger partial charge in [-0.2, -0.15) is 0 Å². The maximum atomic E-state index is 5.92. The summed E-state index contributed by atoms with van der Waals surface area (Å²) < 4.78 is 5.92. The van der Waals surface area contributed by atoms with Gasteiger partial charge < -0.3 is 10.1 Å². The van der Waals surface area contributed by atoms with E-state index < -0.39 is 0 Å². The lowest BCUT2D eigenvalue weighted by Crippen LogP contribution is -2.35. The Labute approximate surface area is 105 Å². The summed E-state index contributed by atoms with van der Waals surface area (Å²) in [5, 5.41) is 3.39. The minimum atomic E-state index is 0.147. The van der Waals surface area contributed by atoms with Crippen LogP contribution in [0.25, 0.3) is 0 Å². The molecule has 1 N–H and O–H groups in total. The molecule has 2 unspecified atom stereocenters. The van der Waals surface area contributed by atoms with E-state index in [4.69, 9.17) is 4.74 Å². The second kappa shape index (κ2) is 7.46. The molecule has 0 amide bonds. The minimum Gasteiger partial charge on any atom is -0.372 e. The highest BCUT2D eigenvalue weighted by Crippen LogP contribution is 2.25. The van der Waals surface area contributed by atoms with Crippen molar-refractivity contribution >= 4 is 0 Å². The molecular weight excluding hydrogens is 210 g/mol. The second-order valence-electron chi connectivity index (χ2n) is 4.81. The van der Waals surface area contributed by atoms with Gasteiger partial charge in [0.05, 0.1) is 6.10 Å². The van der Waals surface area contributed by atoms with Gasteiger partial charge in [-0.1, -0.05) is 44.2 Å². The highest BCUT2D eigenvalue weighted by molar-refractivity contribution is 5.19. The van der Waals surface area contributed by atoms with Gasteiger partial charge in [-0.25, -0.2) is 0 Å². The Bertz CT molecular complexity index is 297. The number of hydrogen-bond donors (Lipinski definition) is 1. The van der Waals surface area contributed by atoms with Gasteiger partial charge in [-0.15, -0.1) is 0 Å². The Morgan fingerprint density at radius 3 is 2.29 bits per heavy atom. The smallest absolute Gasteiger partial charge is 0.0977 e. The van der Waals surface area contributed by atoms with Gasteiger partial charge in [0.1, 0.15) is 0 Å². The van der Waals surface area contributed by atoms with Crippen LogP contribution in [0.15, 0.2) is 30.3 Å². The molecule has 0 aromatic heterocycles. The van der Waals surface area contributed by atoms with Crippen LogP contribution in [-0.2, 0) is 4.74 Å². The number of ether oxygens (including phenoxy) is 1. The summed E-state index contributed by atoms with van der Waals surface area (Å²) in [6.45, 7) is 7.30. The lowest BCUT2D eigenvalue weighted by atomic mass is 9.94. The molecule has 0 saturated heterocycles. The van der Waals surface area contributed by atoms with Crippen LogP contribution in [0.5, 0.6) is 0 Å².